The molecule has 4 rings (SSSR count). The molecule has 6 N–H and O–H groups in total. The van der Waals surface area contributed by atoms with E-state index in [-0.39, 0.29) is 95.9 Å². The molecule has 0 unspecified atom stereocenters. The molecule has 1 aliphatic heterocycles. The largest absolute Gasteiger partial charge is 1.00 e. The summed E-state index contributed by atoms with van der Waals surface area (Å²) in [4.78, 5) is 62.4. The molecule has 7 atom stereocenters. The van der Waals surface area contributed by atoms with Crippen LogP contribution in [0, 0.1) is 6.92 Å². The summed E-state index contributed by atoms with van der Waals surface area (Å²) in [6, 6.07) is 19.1. The Kier molecular flexibility index (Phi) is 19.6. The zero-order valence-electron chi connectivity index (χ0n) is 31.2. The molecule has 0 bridgehead atoms. The van der Waals surface area contributed by atoms with Gasteiger partial charge in [0.25, 0.3) is 11.8 Å². The number of aliphatic hydroxyl groups is 3. The number of carbonyl (C=O) groups excluding carboxylic acids is 5. The Morgan fingerprint density at radius 2 is 1.47 bits per heavy atom. The molecule has 0 aromatic heterocycles. The minimum absolute atomic E-state index is 0. The first-order valence-corrected chi connectivity index (χ1v) is 17.1. The van der Waals surface area contributed by atoms with E-state index in [2.05, 4.69) is 16.0 Å². The summed E-state index contributed by atoms with van der Waals surface area (Å²) in [5, 5.41) is 65.2. The van der Waals surface area contributed by atoms with Crippen LogP contribution in [0.5, 0.6) is 0 Å². The number of amides is 3. The van der Waals surface area contributed by atoms with E-state index in [0.29, 0.717) is 5.56 Å². The summed E-state index contributed by atoms with van der Waals surface area (Å²) in [7, 11) is 0. The maximum atomic E-state index is 13.4. The van der Waals surface area contributed by atoms with Gasteiger partial charge in [-0.1, -0.05) is 66.6 Å². The van der Waals surface area contributed by atoms with Gasteiger partial charge in [0.05, 0.1) is 24.8 Å². The van der Waals surface area contributed by atoms with E-state index in [1.807, 2.05) is 30.3 Å². The number of aliphatic carboxylic acids is 2. The molecule has 0 radical (unpaired) electrons. The average Bonchev–Trinajstić information content (AvgIpc) is 3.13. The zero-order chi connectivity index (χ0) is 38.7. The van der Waals surface area contributed by atoms with Crippen LogP contribution in [0.15, 0.2) is 78.9 Å². The van der Waals surface area contributed by atoms with E-state index in [0.717, 1.165) is 18.1 Å². The van der Waals surface area contributed by atoms with Gasteiger partial charge in [0.1, 0.15) is 24.3 Å². The van der Waals surface area contributed by atoms with Crippen LogP contribution < -0.4 is 85.3 Å². The molecule has 0 saturated carbocycles. The molecule has 284 valence electrons. The predicted octanol–water partition coefficient (Wildman–Crippen LogP) is -7.04. The SMILES string of the molecule is CC(=O)N[C@@H]1[C@@H](NC(=O)c2cccc(C)c2)[C@H](O)[C@](OCCCCCC(=O)[O-])(C(=O)[O-])O[C@H]1[C@H](O)[C@H](O)CNC(=O)c1ccc(-c2ccccc2)cc1.[Na+].[Na+]. The fraction of sp³-hybridized carbons (Fsp3) is 0.395. The Morgan fingerprint density at radius 3 is 2.07 bits per heavy atom. The van der Waals surface area contributed by atoms with Gasteiger partial charge in [0.15, 0.2) is 0 Å². The molecular weight excluding hydrogens is 736 g/mol. The Balaban J connectivity index is 0.00000523. The minimum Gasteiger partial charge on any atom is -0.550 e. The number of hydrogen-bond donors (Lipinski definition) is 6. The number of aliphatic hydroxyl groups excluding tert-OH is 3. The van der Waals surface area contributed by atoms with Crippen LogP contribution in [0.1, 0.15) is 58.9 Å². The third-order valence-electron chi connectivity index (χ3n) is 8.81. The van der Waals surface area contributed by atoms with Gasteiger partial charge < -0.3 is 60.5 Å². The smallest absolute Gasteiger partial charge is 0.550 e. The number of carboxylic acids is 2. The van der Waals surface area contributed by atoms with Gasteiger partial charge >= 0.3 is 59.1 Å². The van der Waals surface area contributed by atoms with E-state index in [4.69, 9.17) is 9.47 Å². The van der Waals surface area contributed by atoms with Crippen molar-refractivity contribution >= 4 is 29.7 Å². The van der Waals surface area contributed by atoms with Crippen LogP contribution in [-0.4, -0.2) is 100 Å². The Morgan fingerprint density at radius 1 is 0.818 bits per heavy atom. The van der Waals surface area contributed by atoms with Crippen LogP contribution >= 0.6 is 0 Å². The van der Waals surface area contributed by atoms with Crippen molar-refractivity contribution in [1.82, 2.24) is 16.0 Å². The molecule has 1 saturated heterocycles. The number of aryl methyl sites for hydroxylation is 1. The van der Waals surface area contributed by atoms with E-state index in [9.17, 15) is 49.5 Å². The van der Waals surface area contributed by atoms with Crippen molar-refractivity contribution < 1.29 is 118 Å². The number of rotatable bonds is 17. The van der Waals surface area contributed by atoms with Crippen molar-refractivity contribution in [2.75, 3.05) is 13.2 Å². The second-order valence-electron chi connectivity index (χ2n) is 12.8. The minimum atomic E-state index is -3.07. The Bertz CT molecular complexity index is 1750. The number of carboxylic acid groups (broad SMARTS) is 2. The first kappa shape index (κ1) is 48.0. The van der Waals surface area contributed by atoms with Crippen molar-refractivity contribution in [3.8, 4) is 11.1 Å². The van der Waals surface area contributed by atoms with E-state index in [1.165, 1.54) is 12.1 Å². The van der Waals surface area contributed by atoms with Crippen molar-refractivity contribution in [3.05, 3.63) is 95.6 Å². The molecule has 55 heavy (non-hydrogen) atoms. The molecule has 1 heterocycles. The molecule has 0 aliphatic carbocycles. The topological polar surface area (TPSA) is 247 Å². The second-order valence-corrected chi connectivity index (χ2v) is 12.8. The van der Waals surface area contributed by atoms with Crippen LogP contribution in [-0.2, 0) is 23.9 Å². The molecule has 1 aliphatic rings. The van der Waals surface area contributed by atoms with Crippen molar-refractivity contribution in [2.45, 2.75) is 81.8 Å². The number of unbranched alkanes of at least 4 members (excludes halogenated alkanes) is 2. The van der Waals surface area contributed by atoms with Crippen LogP contribution in [0.2, 0.25) is 0 Å². The molecule has 0 spiro atoms. The number of benzene rings is 3. The summed E-state index contributed by atoms with van der Waals surface area (Å²) >= 11 is 0. The summed E-state index contributed by atoms with van der Waals surface area (Å²) in [5.41, 5.74) is 2.86. The van der Waals surface area contributed by atoms with Crippen molar-refractivity contribution in [2.24, 2.45) is 0 Å². The number of hydrogen-bond acceptors (Lipinski definition) is 12. The maximum Gasteiger partial charge on any atom is 1.00 e. The fourth-order valence-electron chi connectivity index (χ4n) is 6.06. The van der Waals surface area contributed by atoms with Gasteiger partial charge in [0.2, 0.25) is 11.7 Å². The standard InChI is InChI=1S/C38H45N3O12.2Na/c1-22-10-9-13-27(20-22)36(49)41-31-30(40-23(2)42)33(53-38(34(31)47,37(50)51)52-19-8-4-7-14-29(44)45)32(46)28(43)21-39-35(48)26-17-15-25(16-18-26)24-11-5-3-6-12-24;;/h3,5-6,9-13,15-18,20,28,30-34,43,46-47H,4,7-8,14,19,21H2,1-2H3,(H,39,48)(H,40,42)(H,41,49)(H,44,45)(H,50,51);;/q;2*+1/p-2/t28-,30-,31-,32-,33-,34+,38-;;/m1../s1. The molecule has 3 aromatic carbocycles. The van der Waals surface area contributed by atoms with Crippen LogP contribution in [0.3, 0.4) is 0 Å². The predicted molar refractivity (Wildman–Crippen MR) is 184 cm³/mol. The Labute approximate surface area is 362 Å². The molecule has 3 aromatic rings. The van der Waals surface area contributed by atoms with Crippen molar-refractivity contribution in [3.63, 3.8) is 0 Å². The molecule has 17 heteroatoms. The maximum absolute atomic E-state index is 13.4. The number of ether oxygens (including phenoxy) is 2. The first-order chi connectivity index (χ1) is 25.2. The first-order valence-electron chi connectivity index (χ1n) is 17.1. The van der Waals surface area contributed by atoms with Crippen LogP contribution in [0.4, 0.5) is 0 Å². The molecular formula is C38H43N3Na2O12. The van der Waals surface area contributed by atoms with Gasteiger partial charge in [-0.05, 0) is 61.6 Å². The third kappa shape index (κ3) is 12.9. The van der Waals surface area contributed by atoms with Gasteiger partial charge in [-0.2, -0.15) is 0 Å². The summed E-state index contributed by atoms with van der Waals surface area (Å²) < 4.78 is 11.3. The number of nitrogens with one attached hydrogen (secondary N) is 3. The molecule has 1 fully saturated rings. The quantitative estimate of drug-likeness (QED) is 0.0553. The van der Waals surface area contributed by atoms with Crippen molar-refractivity contribution in [1.29, 1.82) is 0 Å². The monoisotopic (exact) mass is 779 g/mol. The number of carbonyl (C=O) groups is 5. The molecule has 15 nitrogen and oxygen atoms in total. The van der Waals surface area contributed by atoms with Crippen LogP contribution in [0.25, 0.3) is 11.1 Å². The van der Waals surface area contributed by atoms with Gasteiger partial charge in [-0.25, -0.2) is 0 Å². The summed E-state index contributed by atoms with van der Waals surface area (Å²) in [6.45, 7) is 1.84. The third-order valence-corrected chi connectivity index (χ3v) is 8.81. The van der Waals surface area contributed by atoms with Gasteiger partial charge in [-0.15, -0.1) is 0 Å². The second kappa shape index (κ2) is 22.5. The van der Waals surface area contributed by atoms with E-state index >= 15 is 0 Å². The van der Waals surface area contributed by atoms with Gasteiger partial charge in [-0.3, -0.25) is 14.4 Å². The van der Waals surface area contributed by atoms with E-state index in [1.54, 1.807) is 43.3 Å². The zero-order valence-corrected chi connectivity index (χ0v) is 35.2. The molecule has 3 amide bonds. The van der Waals surface area contributed by atoms with Gasteiger partial charge in [0, 0.05) is 30.6 Å². The van der Waals surface area contributed by atoms with E-state index < -0.39 is 85.1 Å². The summed E-state index contributed by atoms with van der Waals surface area (Å²) in [6.07, 6.45) is -7.78. The average molecular weight is 780 g/mol. The Hall–Kier alpha value is -3.19. The summed E-state index contributed by atoms with van der Waals surface area (Å²) in [5.74, 6) is -8.56. The fourth-order valence-corrected chi connectivity index (χ4v) is 6.06. The normalized spacial score (nSPS) is 21.4.